The van der Waals surface area contributed by atoms with Gasteiger partial charge >= 0.3 is 0 Å². The molecule has 19 heavy (non-hydrogen) atoms. The Bertz CT molecular complexity index is 411. The van der Waals surface area contributed by atoms with Crippen LogP contribution in [0.5, 0.6) is 0 Å². The molecule has 1 aliphatic carbocycles. The molecule has 1 saturated carbocycles. The number of hydrogen-bond acceptors (Lipinski definition) is 4. The molecule has 2 rings (SSSR count). The van der Waals surface area contributed by atoms with Crippen LogP contribution in [0.3, 0.4) is 0 Å². The summed E-state index contributed by atoms with van der Waals surface area (Å²) >= 11 is 0. The highest BCUT2D eigenvalue weighted by molar-refractivity contribution is 5.47. The van der Waals surface area contributed by atoms with Crippen LogP contribution in [0.2, 0.25) is 0 Å². The van der Waals surface area contributed by atoms with Gasteiger partial charge in [0.25, 0.3) is 0 Å². The zero-order valence-electron chi connectivity index (χ0n) is 12.4. The van der Waals surface area contributed by atoms with Gasteiger partial charge in [0, 0.05) is 19.2 Å². The lowest BCUT2D eigenvalue weighted by molar-refractivity contribution is 0.361. The molecule has 4 heteroatoms. The van der Waals surface area contributed by atoms with Gasteiger partial charge in [0.05, 0.1) is 0 Å². The van der Waals surface area contributed by atoms with Crippen LogP contribution in [0.1, 0.15) is 51.8 Å². The van der Waals surface area contributed by atoms with Gasteiger partial charge in [-0.3, -0.25) is 0 Å². The maximum Gasteiger partial charge on any atom is 0.131 e. The summed E-state index contributed by atoms with van der Waals surface area (Å²) in [5.41, 5.74) is 0.440. The van der Waals surface area contributed by atoms with Crippen LogP contribution in [0, 0.1) is 12.3 Å². The molecule has 0 radical (unpaired) electrons. The predicted octanol–water partition coefficient (Wildman–Crippen LogP) is 3.60. The Morgan fingerprint density at radius 1 is 1.16 bits per heavy atom. The molecular weight excluding hydrogens is 236 g/mol. The van der Waals surface area contributed by atoms with E-state index in [1.807, 2.05) is 13.0 Å². The minimum atomic E-state index is 0.440. The zero-order chi connectivity index (χ0) is 13.7. The number of hydrogen-bond donors (Lipinski definition) is 2. The van der Waals surface area contributed by atoms with Crippen molar-refractivity contribution in [3.63, 3.8) is 0 Å². The first-order chi connectivity index (χ1) is 9.11. The minimum absolute atomic E-state index is 0.440. The minimum Gasteiger partial charge on any atom is -0.370 e. The van der Waals surface area contributed by atoms with E-state index < -0.39 is 0 Å². The third-order valence-corrected chi connectivity index (χ3v) is 3.90. The first kappa shape index (κ1) is 14.1. The highest BCUT2D eigenvalue weighted by Crippen LogP contribution is 2.37. The van der Waals surface area contributed by atoms with Crippen molar-refractivity contribution in [1.29, 1.82) is 0 Å². The molecule has 0 bridgehead atoms. The Morgan fingerprint density at radius 2 is 1.79 bits per heavy atom. The van der Waals surface area contributed by atoms with Gasteiger partial charge in [-0.1, -0.05) is 26.7 Å². The molecular formula is C15H26N4. The van der Waals surface area contributed by atoms with Gasteiger partial charge in [-0.2, -0.15) is 0 Å². The molecule has 0 aromatic carbocycles. The van der Waals surface area contributed by atoms with Gasteiger partial charge in [0.15, 0.2) is 0 Å². The Labute approximate surface area is 116 Å². The largest absolute Gasteiger partial charge is 0.370 e. The van der Waals surface area contributed by atoms with Crippen molar-refractivity contribution in [2.45, 2.75) is 52.9 Å². The lowest BCUT2D eigenvalue weighted by Crippen LogP contribution is -2.23. The average Bonchev–Trinajstić information content (AvgIpc) is 2.81. The topological polar surface area (TPSA) is 49.8 Å². The Kier molecular flexibility index (Phi) is 4.61. The van der Waals surface area contributed by atoms with E-state index in [0.29, 0.717) is 5.41 Å². The highest BCUT2D eigenvalue weighted by atomic mass is 15.1. The summed E-state index contributed by atoms with van der Waals surface area (Å²) in [6.07, 6.45) is 6.48. The Balaban J connectivity index is 1.97. The Hall–Kier alpha value is -1.32. The number of nitrogens with zero attached hydrogens (tertiary/aromatic N) is 2. The van der Waals surface area contributed by atoms with Crippen LogP contribution in [-0.2, 0) is 0 Å². The van der Waals surface area contributed by atoms with Gasteiger partial charge < -0.3 is 10.6 Å². The Morgan fingerprint density at radius 3 is 2.42 bits per heavy atom. The van der Waals surface area contributed by atoms with Crippen LogP contribution in [0.15, 0.2) is 6.07 Å². The highest BCUT2D eigenvalue weighted by Gasteiger charge is 2.28. The summed E-state index contributed by atoms with van der Waals surface area (Å²) in [5, 5.41) is 6.82. The van der Waals surface area contributed by atoms with E-state index in [2.05, 4.69) is 34.4 Å². The van der Waals surface area contributed by atoms with E-state index in [1.165, 1.54) is 25.7 Å². The molecule has 0 atom stereocenters. The molecule has 1 fully saturated rings. The molecule has 2 N–H and O–H groups in total. The number of aromatic nitrogens is 2. The number of rotatable bonds is 6. The quantitative estimate of drug-likeness (QED) is 0.822. The predicted molar refractivity (Wildman–Crippen MR) is 80.6 cm³/mol. The molecule has 106 valence electrons. The molecule has 0 aliphatic heterocycles. The summed E-state index contributed by atoms with van der Waals surface area (Å²) < 4.78 is 0. The smallest absolute Gasteiger partial charge is 0.131 e. The van der Waals surface area contributed by atoms with Crippen LogP contribution >= 0.6 is 0 Å². The fraction of sp³-hybridized carbons (Fsp3) is 0.733. The first-order valence-corrected chi connectivity index (χ1v) is 7.45. The van der Waals surface area contributed by atoms with Crippen molar-refractivity contribution in [3.05, 3.63) is 11.9 Å². The maximum absolute atomic E-state index is 4.47. The number of anilines is 2. The second-order valence-electron chi connectivity index (χ2n) is 5.98. The average molecular weight is 262 g/mol. The summed E-state index contributed by atoms with van der Waals surface area (Å²) in [6, 6.07) is 2.01. The molecule has 0 unspecified atom stereocenters. The lowest BCUT2D eigenvalue weighted by Gasteiger charge is -2.24. The third-order valence-electron chi connectivity index (χ3n) is 3.90. The second-order valence-corrected chi connectivity index (χ2v) is 5.98. The second kappa shape index (κ2) is 6.22. The van der Waals surface area contributed by atoms with E-state index in [-0.39, 0.29) is 0 Å². The number of nitrogens with one attached hydrogen (secondary N) is 2. The van der Waals surface area contributed by atoms with Gasteiger partial charge in [-0.25, -0.2) is 9.97 Å². The summed E-state index contributed by atoms with van der Waals surface area (Å²) in [5.74, 6) is 2.69. The van der Waals surface area contributed by atoms with E-state index in [0.717, 1.165) is 37.0 Å². The molecule has 0 spiro atoms. The van der Waals surface area contributed by atoms with Crippen LogP contribution in [0.25, 0.3) is 0 Å². The fourth-order valence-corrected chi connectivity index (χ4v) is 2.71. The maximum atomic E-state index is 4.47. The van der Waals surface area contributed by atoms with Gasteiger partial charge in [-0.05, 0) is 31.6 Å². The van der Waals surface area contributed by atoms with E-state index in [9.17, 15) is 0 Å². The molecule has 0 amide bonds. The van der Waals surface area contributed by atoms with Crippen LogP contribution in [-0.4, -0.2) is 23.1 Å². The van der Waals surface area contributed by atoms with Crippen molar-refractivity contribution < 1.29 is 0 Å². The van der Waals surface area contributed by atoms with Gasteiger partial charge in [0.2, 0.25) is 0 Å². The molecule has 1 aromatic heterocycles. The SMILES string of the molecule is CCCNc1cc(NCC2(C)CCCC2)nc(C)n1. The van der Waals surface area contributed by atoms with E-state index in [4.69, 9.17) is 0 Å². The third kappa shape index (κ3) is 4.08. The van der Waals surface area contributed by atoms with Gasteiger partial charge in [-0.15, -0.1) is 0 Å². The van der Waals surface area contributed by atoms with Crippen molar-refractivity contribution in [1.82, 2.24) is 9.97 Å². The number of aryl methyl sites for hydroxylation is 1. The first-order valence-electron chi connectivity index (χ1n) is 7.45. The van der Waals surface area contributed by atoms with Crippen molar-refractivity contribution in [2.75, 3.05) is 23.7 Å². The van der Waals surface area contributed by atoms with Gasteiger partial charge in [0.1, 0.15) is 17.5 Å². The molecule has 0 saturated heterocycles. The van der Waals surface area contributed by atoms with Crippen LogP contribution in [0.4, 0.5) is 11.6 Å². The standard InChI is InChI=1S/C15H26N4/c1-4-9-16-13-10-14(19-12(2)18-13)17-11-15(3)7-5-6-8-15/h10H,4-9,11H2,1-3H3,(H2,16,17,18,19). The normalized spacial score (nSPS) is 17.4. The van der Waals surface area contributed by atoms with Crippen molar-refractivity contribution in [2.24, 2.45) is 5.41 Å². The molecule has 1 heterocycles. The van der Waals surface area contributed by atoms with E-state index >= 15 is 0 Å². The summed E-state index contributed by atoms with van der Waals surface area (Å²) in [7, 11) is 0. The molecule has 4 nitrogen and oxygen atoms in total. The fourth-order valence-electron chi connectivity index (χ4n) is 2.71. The lowest BCUT2D eigenvalue weighted by atomic mass is 9.89. The molecule has 1 aliphatic rings. The van der Waals surface area contributed by atoms with Crippen molar-refractivity contribution in [3.8, 4) is 0 Å². The van der Waals surface area contributed by atoms with Crippen molar-refractivity contribution >= 4 is 11.6 Å². The van der Waals surface area contributed by atoms with Crippen LogP contribution < -0.4 is 10.6 Å². The monoisotopic (exact) mass is 262 g/mol. The zero-order valence-corrected chi connectivity index (χ0v) is 12.4. The molecule has 1 aromatic rings. The van der Waals surface area contributed by atoms with E-state index in [1.54, 1.807) is 0 Å². The summed E-state index contributed by atoms with van der Waals surface area (Å²) in [6.45, 7) is 8.43. The summed E-state index contributed by atoms with van der Waals surface area (Å²) in [4.78, 5) is 8.88.